The van der Waals surface area contributed by atoms with Crippen LogP contribution in [-0.2, 0) is 11.2 Å². The van der Waals surface area contributed by atoms with Crippen LogP contribution in [0.3, 0.4) is 0 Å². The Bertz CT molecular complexity index is 844. The first-order valence-electron chi connectivity index (χ1n) is 10.2. The molecule has 2 aromatic rings. The van der Waals surface area contributed by atoms with E-state index in [1.54, 1.807) is 18.4 Å². The van der Waals surface area contributed by atoms with Gasteiger partial charge in [-0.1, -0.05) is 12.8 Å². The molecule has 150 valence electrons. The van der Waals surface area contributed by atoms with Gasteiger partial charge in [-0.2, -0.15) is 0 Å². The first kappa shape index (κ1) is 19.4. The Kier molecular flexibility index (Phi) is 5.43. The number of nitrogens with zero attached hydrogens (tertiary/aromatic N) is 1. The van der Waals surface area contributed by atoms with Crippen molar-refractivity contribution in [3.63, 3.8) is 0 Å². The van der Waals surface area contributed by atoms with Crippen LogP contribution in [0.2, 0.25) is 0 Å². The van der Waals surface area contributed by atoms with Gasteiger partial charge in [0.15, 0.2) is 0 Å². The third-order valence-electron chi connectivity index (χ3n) is 6.17. The Morgan fingerprint density at radius 2 is 2.04 bits per heavy atom. The minimum absolute atomic E-state index is 0.0541. The van der Waals surface area contributed by atoms with E-state index in [2.05, 4.69) is 5.32 Å². The van der Waals surface area contributed by atoms with E-state index in [1.165, 1.54) is 4.88 Å². The molecule has 1 amide bonds. The molecule has 4 rings (SSSR count). The van der Waals surface area contributed by atoms with E-state index in [9.17, 15) is 4.79 Å². The van der Waals surface area contributed by atoms with E-state index < -0.39 is 5.54 Å². The van der Waals surface area contributed by atoms with E-state index in [1.807, 2.05) is 31.2 Å². The standard InChI is InChI=1S/C22H29N3O2S/c1-22(23)13-4-3-6-16(22)20(26)24-17-7-5-8-18-19(17)28-21(25-18)14-9-11-15(27-2)12-10-14/h9-12,16-17H,3-8,13,23H2,1-2H3,(H,24,26). The number of hydrogen-bond acceptors (Lipinski definition) is 5. The fourth-order valence-corrected chi connectivity index (χ4v) is 5.68. The molecular weight excluding hydrogens is 370 g/mol. The van der Waals surface area contributed by atoms with Crippen LogP contribution in [0.15, 0.2) is 24.3 Å². The van der Waals surface area contributed by atoms with Crippen LogP contribution < -0.4 is 15.8 Å². The first-order valence-corrected chi connectivity index (χ1v) is 11.0. The molecule has 3 N–H and O–H groups in total. The van der Waals surface area contributed by atoms with Gasteiger partial charge < -0.3 is 15.8 Å². The Morgan fingerprint density at radius 1 is 1.25 bits per heavy atom. The van der Waals surface area contributed by atoms with Crippen LogP contribution in [0.5, 0.6) is 5.75 Å². The average molecular weight is 400 g/mol. The summed E-state index contributed by atoms with van der Waals surface area (Å²) in [4.78, 5) is 19.1. The monoisotopic (exact) mass is 399 g/mol. The molecule has 2 aliphatic rings. The number of thiazole rings is 1. The molecule has 1 fully saturated rings. The Balaban J connectivity index is 1.53. The third kappa shape index (κ3) is 3.80. The van der Waals surface area contributed by atoms with Crippen LogP contribution in [-0.4, -0.2) is 23.5 Å². The smallest absolute Gasteiger partial charge is 0.225 e. The number of methoxy groups -OCH3 is 1. The molecule has 1 aromatic carbocycles. The molecule has 2 aliphatic carbocycles. The van der Waals surface area contributed by atoms with Crippen molar-refractivity contribution in [3.8, 4) is 16.3 Å². The molecule has 1 aromatic heterocycles. The van der Waals surface area contributed by atoms with Gasteiger partial charge in [-0.15, -0.1) is 11.3 Å². The highest BCUT2D eigenvalue weighted by atomic mass is 32.1. The van der Waals surface area contributed by atoms with Gasteiger partial charge in [0.25, 0.3) is 0 Å². The summed E-state index contributed by atoms with van der Waals surface area (Å²) in [6.07, 6.45) is 7.01. The zero-order valence-corrected chi connectivity index (χ0v) is 17.5. The number of hydrogen-bond donors (Lipinski definition) is 2. The second-order valence-electron chi connectivity index (χ2n) is 8.32. The van der Waals surface area contributed by atoms with Crippen molar-refractivity contribution in [2.75, 3.05) is 7.11 Å². The predicted molar refractivity (Wildman–Crippen MR) is 112 cm³/mol. The van der Waals surface area contributed by atoms with Gasteiger partial charge in [0, 0.05) is 11.1 Å². The highest BCUT2D eigenvalue weighted by molar-refractivity contribution is 7.15. The van der Waals surface area contributed by atoms with Gasteiger partial charge in [0.05, 0.1) is 29.6 Å². The summed E-state index contributed by atoms with van der Waals surface area (Å²) in [5, 5.41) is 4.32. The number of carbonyl (C=O) groups is 1. The summed E-state index contributed by atoms with van der Waals surface area (Å²) in [5.41, 5.74) is 8.27. The van der Waals surface area contributed by atoms with Crippen LogP contribution in [0.4, 0.5) is 0 Å². The molecule has 1 heterocycles. The van der Waals surface area contributed by atoms with Crippen LogP contribution >= 0.6 is 11.3 Å². The highest BCUT2D eigenvalue weighted by Crippen LogP contribution is 2.39. The van der Waals surface area contributed by atoms with Crippen LogP contribution in [0.1, 0.15) is 62.1 Å². The van der Waals surface area contributed by atoms with Gasteiger partial charge >= 0.3 is 0 Å². The van der Waals surface area contributed by atoms with Crippen molar-refractivity contribution in [2.45, 2.75) is 63.5 Å². The van der Waals surface area contributed by atoms with Gasteiger partial charge in [-0.05, 0) is 63.3 Å². The van der Waals surface area contributed by atoms with E-state index in [0.717, 1.165) is 67.0 Å². The molecule has 0 radical (unpaired) electrons. The number of nitrogens with one attached hydrogen (secondary N) is 1. The van der Waals surface area contributed by atoms with Crippen molar-refractivity contribution in [1.82, 2.24) is 10.3 Å². The van der Waals surface area contributed by atoms with E-state index in [-0.39, 0.29) is 17.9 Å². The minimum Gasteiger partial charge on any atom is -0.497 e. The molecule has 28 heavy (non-hydrogen) atoms. The number of fused-ring (bicyclic) bond motifs is 1. The molecule has 0 aliphatic heterocycles. The van der Waals surface area contributed by atoms with E-state index in [4.69, 9.17) is 15.5 Å². The van der Waals surface area contributed by atoms with Crippen molar-refractivity contribution in [2.24, 2.45) is 11.7 Å². The molecule has 3 unspecified atom stereocenters. The SMILES string of the molecule is COc1ccc(-c2nc3c(s2)C(NC(=O)C2CCCCC2(C)N)CCC3)cc1. The maximum atomic E-state index is 13.0. The molecule has 0 spiro atoms. The van der Waals surface area contributed by atoms with Gasteiger partial charge in [-0.25, -0.2) is 4.98 Å². The first-order chi connectivity index (χ1) is 13.5. The zero-order chi connectivity index (χ0) is 19.7. The van der Waals surface area contributed by atoms with Crippen molar-refractivity contribution in [3.05, 3.63) is 34.8 Å². The number of aryl methyl sites for hydroxylation is 1. The summed E-state index contributed by atoms with van der Waals surface area (Å²) in [6.45, 7) is 2.02. The fraction of sp³-hybridized carbons (Fsp3) is 0.545. The maximum absolute atomic E-state index is 13.0. The number of rotatable bonds is 4. The molecule has 1 saturated carbocycles. The summed E-state index contributed by atoms with van der Waals surface area (Å²) in [7, 11) is 1.67. The number of amides is 1. The number of ether oxygens (including phenoxy) is 1. The van der Waals surface area contributed by atoms with Crippen LogP contribution in [0, 0.1) is 5.92 Å². The molecule has 0 saturated heterocycles. The second-order valence-corrected chi connectivity index (χ2v) is 9.35. The van der Waals surface area contributed by atoms with Gasteiger partial charge in [0.2, 0.25) is 5.91 Å². The summed E-state index contributed by atoms with van der Waals surface area (Å²) < 4.78 is 5.25. The lowest BCUT2D eigenvalue weighted by Gasteiger charge is -2.38. The molecule has 0 bridgehead atoms. The third-order valence-corrected chi connectivity index (χ3v) is 7.44. The van der Waals surface area contributed by atoms with Crippen LogP contribution in [0.25, 0.3) is 10.6 Å². The molecule has 5 nitrogen and oxygen atoms in total. The van der Waals surface area contributed by atoms with Crippen molar-refractivity contribution < 1.29 is 9.53 Å². The predicted octanol–water partition coefficient (Wildman–Crippen LogP) is 4.22. The highest BCUT2D eigenvalue weighted by Gasteiger charge is 2.39. The molecule has 6 heteroatoms. The lowest BCUT2D eigenvalue weighted by atomic mass is 9.74. The maximum Gasteiger partial charge on any atom is 0.225 e. The number of nitrogens with two attached hydrogens (primary N) is 1. The van der Waals surface area contributed by atoms with Gasteiger partial charge in [0.1, 0.15) is 10.8 Å². The summed E-state index contributed by atoms with van der Waals surface area (Å²) in [6, 6.07) is 8.05. The lowest BCUT2D eigenvalue weighted by molar-refractivity contribution is -0.129. The summed E-state index contributed by atoms with van der Waals surface area (Å²) in [5.74, 6) is 0.857. The minimum atomic E-state index is -0.401. The van der Waals surface area contributed by atoms with Gasteiger partial charge in [-0.3, -0.25) is 4.79 Å². The number of carbonyl (C=O) groups excluding carboxylic acids is 1. The largest absolute Gasteiger partial charge is 0.497 e. The molecule has 3 atom stereocenters. The Hall–Kier alpha value is -1.92. The van der Waals surface area contributed by atoms with Crippen molar-refractivity contribution in [1.29, 1.82) is 0 Å². The van der Waals surface area contributed by atoms with Crippen molar-refractivity contribution >= 4 is 17.2 Å². The lowest BCUT2D eigenvalue weighted by Crippen LogP contribution is -2.53. The average Bonchev–Trinajstić information content (AvgIpc) is 3.13. The fourth-order valence-electron chi connectivity index (χ4n) is 4.48. The Labute approximate surface area is 170 Å². The van der Waals surface area contributed by atoms with E-state index in [0.29, 0.717) is 0 Å². The quantitative estimate of drug-likeness (QED) is 0.807. The zero-order valence-electron chi connectivity index (χ0n) is 16.7. The summed E-state index contributed by atoms with van der Waals surface area (Å²) >= 11 is 1.70. The Morgan fingerprint density at radius 3 is 2.75 bits per heavy atom. The van der Waals surface area contributed by atoms with E-state index >= 15 is 0 Å². The number of benzene rings is 1. The topological polar surface area (TPSA) is 77.2 Å². The normalized spacial score (nSPS) is 27.1. The molecular formula is C22H29N3O2S. The number of aromatic nitrogens is 1. The second kappa shape index (κ2) is 7.84.